The Hall–Kier alpha value is -1.17. The number of hydrogen-bond donors (Lipinski definition) is 1. The largest absolute Gasteiger partial charge is 0.336 e. The van der Waals surface area contributed by atoms with Gasteiger partial charge in [0.15, 0.2) is 0 Å². The van der Waals surface area contributed by atoms with Gasteiger partial charge in [-0.25, -0.2) is 15.4 Å². The molecule has 1 aliphatic heterocycles. The van der Waals surface area contributed by atoms with Gasteiger partial charge in [-0.3, -0.25) is 0 Å². The van der Waals surface area contributed by atoms with E-state index >= 15 is 0 Å². The van der Waals surface area contributed by atoms with E-state index < -0.39 is 0 Å². The summed E-state index contributed by atoms with van der Waals surface area (Å²) in [5, 5.41) is 4.48. The molecule has 102 valence electrons. The molecule has 1 atom stereocenters. The summed E-state index contributed by atoms with van der Waals surface area (Å²) in [7, 11) is 2.06. The second-order valence-corrected chi connectivity index (χ2v) is 6.00. The first-order chi connectivity index (χ1) is 9.34. The summed E-state index contributed by atoms with van der Waals surface area (Å²) in [5.41, 5.74) is 3.66. The van der Waals surface area contributed by atoms with Crippen molar-refractivity contribution in [2.24, 2.45) is 7.05 Å². The number of nitrogens with one attached hydrogen (secondary N) is 1. The molecule has 0 saturated carbocycles. The standard InChI is InChI=1S/C14H20N4S/c1-17-10-7-15-14(17)13(12-6-5-11-19-12)16-18-8-3-2-4-9-18/h5-7,10-11,13,16H,2-4,8-9H2,1H3. The summed E-state index contributed by atoms with van der Waals surface area (Å²) in [6.07, 6.45) is 7.79. The summed E-state index contributed by atoms with van der Waals surface area (Å²) in [6, 6.07) is 4.45. The van der Waals surface area contributed by atoms with E-state index in [9.17, 15) is 0 Å². The van der Waals surface area contributed by atoms with E-state index in [-0.39, 0.29) is 6.04 Å². The van der Waals surface area contributed by atoms with Crippen molar-refractivity contribution >= 4 is 11.3 Å². The Labute approximate surface area is 118 Å². The molecule has 1 saturated heterocycles. The SMILES string of the molecule is Cn1ccnc1C(NN1CCCCC1)c1cccs1. The van der Waals surface area contributed by atoms with Gasteiger partial charge in [0.2, 0.25) is 0 Å². The van der Waals surface area contributed by atoms with E-state index in [0.29, 0.717) is 0 Å². The molecule has 1 unspecified atom stereocenters. The zero-order chi connectivity index (χ0) is 13.1. The van der Waals surface area contributed by atoms with Crippen molar-refractivity contribution < 1.29 is 0 Å². The number of piperidine rings is 1. The molecule has 0 bridgehead atoms. The van der Waals surface area contributed by atoms with Crippen LogP contribution in [-0.4, -0.2) is 27.6 Å². The van der Waals surface area contributed by atoms with Gasteiger partial charge in [0, 0.05) is 37.4 Å². The molecule has 2 aromatic rings. The fourth-order valence-electron chi connectivity index (χ4n) is 2.57. The van der Waals surface area contributed by atoms with Crippen LogP contribution in [0, 0.1) is 0 Å². The number of rotatable bonds is 4. The van der Waals surface area contributed by atoms with Crippen molar-refractivity contribution in [3.63, 3.8) is 0 Å². The summed E-state index contributed by atoms with van der Waals surface area (Å²) in [4.78, 5) is 5.84. The van der Waals surface area contributed by atoms with Crippen LogP contribution in [0.5, 0.6) is 0 Å². The van der Waals surface area contributed by atoms with Crippen LogP contribution in [-0.2, 0) is 7.05 Å². The summed E-state index contributed by atoms with van der Waals surface area (Å²) in [6.45, 7) is 2.26. The minimum absolute atomic E-state index is 0.165. The second kappa shape index (κ2) is 5.86. The zero-order valence-corrected chi connectivity index (χ0v) is 12.1. The Morgan fingerprint density at radius 3 is 2.79 bits per heavy atom. The highest BCUT2D eigenvalue weighted by Crippen LogP contribution is 2.25. The van der Waals surface area contributed by atoms with Gasteiger partial charge in [-0.15, -0.1) is 11.3 Å². The van der Waals surface area contributed by atoms with Crippen LogP contribution in [0.3, 0.4) is 0 Å². The van der Waals surface area contributed by atoms with Crippen molar-refractivity contribution in [1.29, 1.82) is 0 Å². The van der Waals surface area contributed by atoms with Crippen LogP contribution in [0.25, 0.3) is 0 Å². The molecule has 19 heavy (non-hydrogen) atoms. The number of hydrogen-bond acceptors (Lipinski definition) is 4. The minimum Gasteiger partial charge on any atom is -0.336 e. The molecule has 3 rings (SSSR count). The third-order valence-corrected chi connectivity index (χ3v) is 4.55. The highest BCUT2D eigenvalue weighted by molar-refractivity contribution is 7.10. The molecule has 0 aromatic carbocycles. The van der Waals surface area contributed by atoms with E-state index in [1.54, 1.807) is 11.3 Å². The maximum Gasteiger partial charge on any atom is 0.132 e. The van der Waals surface area contributed by atoms with Crippen molar-refractivity contribution in [1.82, 2.24) is 20.0 Å². The predicted molar refractivity (Wildman–Crippen MR) is 77.9 cm³/mol. The maximum atomic E-state index is 4.52. The highest BCUT2D eigenvalue weighted by atomic mass is 32.1. The highest BCUT2D eigenvalue weighted by Gasteiger charge is 2.22. The van der Waals surface area contributed by atoms with Crippen LogP contribution in [0.15, 0.2) is 29.9 Å². The quantitative estimate of drug-likeness (QED) is 0.931. The van der Waals surface area contributed by atoms with Gasteiger partial charge in [-0.05, 0) is 24.3 Å². The molecular weight excluding hydrogens is 256 g/mol. The lowest BCUT2D eigenvalue weighted by Gasteiger charge is -2.31. The summed E-state index contributed by atoms with van der Waals surface area (Å²) >= 11 is 1.78. The van der Waals surface area contributed by atoms with Crippen LogP contribution >= 0.6 is 11.3 Å². The Morgan fingerprint density at radius 1 is 1.32 bits per heavy atom. The number of hydrazine groups is 1. The lowest BCUT2D eigenvalue weighted by atomic mass is 10.1. The lowest BCUT2D eigenvalue weighted by Crippen LogP contribution is -2.44. The third kappa shape index (κ3) is 2.88. The molecule has 1 fully saturated rings. The van der Waals surface area contributed by atoms with Gasteiger partial charge in [0.05, 0.1) is 0 Å². The predicted octanol–water partition coefficient (Wildman–Crippen LogP) is 2.56. The van der Waals surface area contributed by atoms with Gasteiger partial charge >= 0.3 is 0 Å². The average Bonchev–Trinajstić information content (AvgIpc) is 3.09. The molecule has 2 aromatic heterocycles. The van der Waals surface area contributed by atoms with Gasteiger partial charge in [-0.2, -0.15) is 0 Å². The molecule has 0 spiro atoms. The first-order valence-corrected chi connectivity index (χ1v) is 7.74. The molecule has 0 aliphatic carbocycles. The Morgan fingerprint density at radius 2 is 2.16 bits per heavy atom. The topological polar surface area (TPSA) is 33.1 Å². The van der Waals surface area contributed by atoms with Gasteiger partial charge in [0.25, 0.3) is 0 Å². The fraction of sp³-hybridized carbons (Fsp3) is 0.500. The minimum atomic E-state index is 0.165. The van der Waals surface area contributed by atoms with E-state index in [1.807, 2.05) is 12.4 Å². The molecule has 1 aliphatic rings. The van der Waals surface area contributed by atoms with Crippen LogP contribution < -0.4 is 5.43 Å². The monoisotopic (exact) mass is 276 g/mol. The Kier molecular flexibility index (Phi) is 3.96. The number of aromatic nitrogens is 2. The molecule has 1 N–H and O–H groups in total. The molecule has 5 heteroatoms. The smallest absolute Gasteiger partial charge is 0.132 e. The van der Waals surface area contributed by atoms with Crippen LogP contribution in [0.2, 0.25) is 0 Å². The van der Waals surface area contributed by atoms with Crippen LogP contribution in [0.1, 0.15) is 36.0 Å². The Bertz CT molecular complexity index is 499. The van der Waals surface area contributed by atoms with Crippen LogP contribution in [0.4, 0.5) is 0 Å². The van der Waals surface area contributed by atoms with Crippen molar-refractivity contribution in [3.05, 3.63) is 40.6 Å². The zero-order valence-electron chi connectivity index (χ0n) is 11.2. The van der Waals surface area contributed by atoms with Crippen molar-refractivity contribution in [3.8, 4) is 0 Å². The Balaban J connectivity index is 1.82. The first kappa shape index (κ1) is 12.8. The van der Waals surface area contributed by atoms with E-state index in [0.717, 1.165) is 18.9 Å². The van der Waals surface area contributed by atoms with Crippen molar-refractivity contribution in [2.75, 3.05) is 13.1 Å². The van der Waals surface area contributed by atoms with E-state index in [4.69, 9.17) is 0 Å². The number of thiophene rings is 1. The molecule has 4 nitrogen and oxygen atoms in total. The fourth-order valence-corrected chi connectivity index (χ4v) is 3.33. The molecular formula is C14H20N4S. The van der Waals surface area contributed by atoms with E-state index in [1.165, 1.54) is 24.1 Å². The molecule has 0 radical (unpaired) electrons. The normalized spacial score (nSPS) is 18.6. The summed E-state index contributed by atoms with van der Waals surface area (Å²) < 4.78 is 2.10. The van der Waals surface area contributed by atoms with E-state index in [2.05, 4.69) is 44.5 Å². The number of imidazole rings is 1. The lowest BCUT2D eigenvalue weighted by molar-refractivity contribution is 0.136. The third-order valence-electron chi connectivity index (χ3n) is 3.61. The van der Waals surface area contributed by atoms with Gasteiger partial charge in [-0.1, -0.05) is 12.5 Å². The summed E-state index contributed by atoms with van der Waals surface area (Å²) in [5.74, 6) is 1.08. The maximum absolute atomic E-state index is 4.52. The van der Waals surface area contributed by atoms with Gasteiger partial charge < -0.3 is 4.57 Å². The molecule has 0 amide bonds. The second-order valence-electron chi connectivity index (χ2n) is 5.02. The number of nitrogens with zero attached hydrogens (tertiary/aromatic N) is 3. The van der Waals surface area contributed by atoms with Crippen molar-refractivity contribution in [2.45, 2.75) is 25.3 Å². The van der Waals surface area contributed by atoms with Gasteiger partial charge in [0.1, 0.15) is 11.9 Å². The first-order valence-electron chi connectivity index (χ1n) is 6.86. The average molecular weight is 276 g/mol. The molecule has 3 heterocycles. The number of aryl methyl sites for hydroxylation is 1.